The zero-order chi connectivity index (χ0) is 37.0. The second-order valence-corrected chi connectivity index (χ2v) is 16.5. The minimum Gasteiger partial charge on any atom is -1.00 e. The molecule has 0 saturated carbocycles. The van der Waals surface area contributed by atoms with Crippen LogP contribution in [0.4, 0.5) is 5.69 Å². The van der Waals surface area contributed by atoms with E-state index in [4.69, 9.17) is 10.5 Å². The molecule has 1 aliphatic carbocycles. The molecule has 0 bridgehead atoms. The average Bonchev–Trinajstić information content (AvgIpc) is 3.44. The lowest BCUT2D eigenvalue weighted by molar-refractivity contribution is -0.438. The van der Waals surface area contributed by atoms with Crippen molar-refractivity contribution in [2.75, 3.05) is 26.3 Å². The van der Waals surface area contributed by atoms with E-state index in [2.05, 4.69) is 154 Å². The van der Waals surface area contributed by atoms with Crippen molar-refractivity contribution < 1.29 is 31.1 Å². The molecule has 1 N–H and O–H groups in total. The summed E-state index contributed by atoms with van der Waals surface area (Å²) in [5.74, 6) is 0.335. The number of aliphatic hydroxyl groups is 1. The van der Waals surface area contributed by atoms with Crippen molar-refractivity contribution in [3.05, 3.63) is 101 Å². The van der Waals surface area contributed by atoms with Gasteiger partial charge in [-0.1, -0.05) is 86.2 Å². The summed E-state index contributed by atoms with van der Waals surface area (Å²) in [6.07, 6.45) is 17.8. The van der Waals surface area contributed by atoms with E-state index >= 15 is 0 Å². The van der Waals surface area contributed by atoms with Crippen molar-refractivity contribution in [3.8, 4) is 0 Å². The van der Waals surface area contributed by atoms with Gasteiger partial charge in [0.1, 0.15) is 6.54 Å². The number of hydrogen-bond donors (Lipinski definition) is 1. The molecule has 2 aromatic rings. The highest BCUT2D eigenvalue weighted by Crippen LogP contribution is 2.52. The minimum absolute atomic E-state index is 0. The number of unbranched alkanes of at least 4 members (excludes halogenated alkanes) is 2. The van der Waals surface area contributed by atoms with E-state index in [9.17, 15) is 0 Å². The van der Waals surface area contributed by atoms with Gasteiger partial charge in [0.05, 0.1) is 12.0 Å². The quantitative estimate of drug-likeness (QED) is 0.0381. The van der Waals surface area contributed by atoms with E-state index in [-0.39, 0.29) is 23.2 Å². The smallest absolute Gasteiger partial charge is 0.322 e. The van der Waals surface area contributed by atoms with Crippen LogP contribution in [-0.2, 0) is 19.9 Å². The molecule has 51 heavy (non-hydrogen) atoms. The van der Waals surface area contributed by atoms with Gasteiger partial charge in [0, 0.05) is 60.7 Å². The minimum atomic E-state index is -1.24. The lowest BCUT2D eigenvalue weighted by Crippen LogP contribution is -3.00. The van der Waals surface area contributed by atoms with Crippen LogP contribution in [0.15, 0.2) is 89.5 Å². The van der Waals surface area contributed by atoms with Gasteiger partial charge >= 0.3 is 8.53 Å². The van der Waals surface area contributed by atoms with Crippen molar-refractivity contribution >= 4 is 26.3 Å². The zero-order valence-corrected chi connectivity index (χ0v) is 34.2. The molecule has 0 saturated heterocycles. The number of aliphatic hydroxyl groups excluding tert-OH is 1. The third-order valence-electron chi connectivity index (χ3n) is 10.2. The average molecular weight is 738 g/mol. The predicted octanol–water partition coefficient (Wildman–Crippen LogP) is 7.55. The maximum Gasteiger partial charge on any atom is 0.322 e. The fourth-order valence-electron chi connectivity index (χ4n) is 7.77. The van der Waals surface area contributed by atoms with Crippen LogP contribution in [0.3, 0.4) is 0 Å². The van der Waals surface area contributed by atoms with Crippen LogP contribution in [-0.4, -0.2) is 66.3 Å². The first kappa shape index (κ1) is 41.2. The summed E-state index contributed by atoms with van der Waals surface area (Å²) in [4.78, 5) is 4.29. The maximum atomic E-state index is 6.98. The summed E-state index contributed by atoms with van der Waals surface area (Å²) in [5, 5.41) is 4.54. The Morgan fingerprint density at radius 2 is 1.63 bits per heavy atom. The van der Waals surface area contributed by atoms with Crippen LogP contribution in [0.5, 0.6) is 0 Å². The van der Waals surface area contributed by atoms with Crippen molar-refractivity contribution in [3.63, 3.8) is 0 Å². The Kier molecular flexibility index (Phi) is 16.2. The molecule has 2 aliphatic rings. The fraction of sp³-hybridized carbons (Fsp3) is 0.535. The topological polar surface area (TPSA) is 57.3 Å². The molecule has 1 heterocycles. The second kappa shape index (κ2) is 20.0. The van der Waals surface area contributed by atoms with Crippen molar-refractivity contribution in [1.29, 1.82) is 1.43 Å². The first-order valence-corrected chi connectivity index (χ1v) is 19.9. The standard InChI is InChI=1S/C43H63N3O3P.ClH/c1-10-44-32-49-50(46(33(2)3)34(4)5)48-31-21-23-36-35-22-15-16-25-38(35)42(6,7)37(36)24-13-11-14-28-41-43(8,9)39-26-17-18-27-40(39)45(41)29-19-12-20-30-47;/h11,13-18,22,24-28,32-34,36,47H,10,12,19-21,23,29-31H2,1-9H3;1H/q+1;/p-1/b13-11+,28-14+,37-24-,44-32?;/i47T;. The number of hydrogen-bond acceptors (Lipinski definition) is 5. The van der Waals surface area contributed by atoms with Crippen molar-refractivity contribution in [2.24, 2.45) is 4.99 Å². The second-order valence-electron chi connectivity index (χ2n) is 15.1. The molecule has 0 amide bonds. The lowest BCUT2D eigenvalue weighted by Gasteiger charge is -2.34. The van der Waals surface area contributed by atoms with Gasteiger partial charge in [-0.05, 0) is 85.3 Å². The van der Waals surface area contributed by atoms with Gasteiger partial charge in [-0.3, -0.25) is 4.99 Å². The Bertz CT molecular complexity index is 1570. The number of fused-ring (bicyclic) bond motifs is 2. The summed E-state index contributed by atoms with van der Waals surface area (Å²) >= 11 is 0. The van der Waals surface area contributed by atoms with Crippen LogP contribution in [0, 0.1) is 0 Å². The maximum absolute atomic E-state index is 6.98. The molecule has 2 atom stereocenters. The Hall–Kier alpha value is -2.60. The normalized spacial score (nSPS) is 19.6. The first-order chi connectivity index (χ1) is 24.5. The number of halogens is 1. The number of allylic oxidation sites excluding steroid dienone is 6. The molecule has 0 aromatic heterocycles. The van der Waals surface area contributed by atoms with Crippen molar-refractivity contribution in [2.45, 2.75) is 123 Å². The van der Waals surface area contributed by atoms with Gasteiger partial charge in [-0.25, -0.2) is 4.67 Å². The van der Waals surface area contributed by atoms with Crippen LogP contribution in [0.2, 0.25) is 0 Å². The highest BCUT2D eigenvalue weighted by Gasteiger charge is 2.44. The summed E-state index contributed by atoms with van der Waals surface area (Å²) in [7, 11) is -1.24. The van der Waals surface area contributed by atoms with E-state index < -0.39 is 8.53 Å². The Morgan fingerprint density at radius 3 is 2.33 bits per heavy atom. The largest absolute Gasteiger partial charge is 1.00 e. The summed E-state index contributed by atoms with van der Waals surface area (Å²) in [6.45, 7) is 22.9. The number of nitrogens with zero attached hydrogens (tertiary/aromatic N) is 3. The number of para-hydroxylation sites is 1. The molecular formula is C43H63ClN3O3P. The Balaban J connectivity index is 0.00000729. The lowest BCUT2D eigenvalue weighted by atomic mass is 9.80. The SMILES string of the molecule is [3H]OCCCCC[N+]1=C(/C=C/C=C/C=C2/C(CCCOP(OC=NCC)N(C(C)C)C(C)C)c3ccccc3C2(C)C)C(C)(C)c2ccccc21.[Cl-]. The predicted molar refractivity (Wildman–Crippen MR) is 213 cm³/mol. The molecule has 8 heteroatoms. The van der Waals surface area contributed by atoms with Gasteiger partial charge in [-0.15, -0.1) is 0 Å². The van der Waals surface area contributed by atoms with Gasteiger partial charge in [-0.2, -0.15) is 4.58 Å². The van der Waals surface area contributed by atoms with E-state index in [1.54, 1.807) is 6.40 Å². The summed E-state index contributed by atoms with van der Waals surface area (Å²) < 4.78 is 24.3. The highest BCUT2D eigenvalue weighted by atomic mass is 35.5. The van der Waals surface area contributed by atoms with Crippen LogP contribution in [0.25, 0.3) is 0 Å². The van der Waals surface area contributed by atoms with Crippen LogP contribution in [0.1, 0.15) is 117 Å². The molecule has 280 valence electrons. The van der Waals surface area contributed by atoms with Crippen molar-refractivity contribution in [1.82, 2.24) is 4.67 Å². The van der Waals surface area contributed by atoms with Gasteiger partial charge in [0.2, 0.25) is 7.12 Å². The van der Waals surface area contributed by atoms with E-state index in [0.717, 1.165) is 38.6 Å². The first-order valence-electron chi connectivity index (χ1n) is 19.2. The fourth-order valence-corrected chi connectivity index (χ4v) is 9.26. The van der Waals surface area contributed by atoms with Gasteiger partial charge < -0.3 is 26.6 Å². The Morgan fingerprint density at radius 1 is 0.922 bits per heavy atom. The van der Waals surface area contributed by atoms with Crippen LogP contribution < -0.4 is 12.4 Å². The molecule has 0 spiro atoms. The highest BCUT2D eigenvalue weighted by molar-refractivity contribution is 7.45. The van der Waals surface area contributed by atoms with E-state index in [0.29, 0.717) is 37.8 Å². The Labute approximate surface area is 318 Å². The summed E-state index contributed by atoms with van der Waals surface area (Å²) in [5.41, 5.74) is 8.16. The van der Waals surface area contributed by atoms with Crippen LogP contribution >= 0.6 is 8.53 Å². The molecule has 2 unspecified atom stereocenters. The monoisotopic (exact) mass is 737 g/mol. The van der Waals surface area contributed by atoms with E-state index in [1.165, 1.54) is 33.7 Å². The number of rotatable bonds is 20. The molecule has 4 rings (SSSR count). The van der Waals surface area contributed by atoms with Gasteiger partial charge in [0.15, 0.2) is 12.1 Å². The third kappa shape index (κ3) is 10.3. The molecule has 6 nitrogen and oxygen atoms in total. The number of benzene rings is 2. The molecule has 0 fully saturated rings. The molecule has 1 aliphatic heterocycles. The zero-order valence-electron chi connectivity index (χ0n) is 33.6. The third-order valence-corrected chi connectivity index (χ3v) is 12.1. The number of aliphatic imine (C=N–C) groups is 1. The molecule has 0 radical (unpaired) electrons. The molecule has 2 aromatic carbocycles. The van der Waals surface area contributed by atoms with E-state index in [1.807, 2.05) is 6.92 Å². The molecular weight excluding hydrogens is 673 g/mol. The summed E-state index contributed by atoms with van der Waals surface area (Å²) in [6, 6.07) is 18.4. The van der Waals surface area contributed by atoms with Gasteiger partial charge in [0.25, 0.3) is 0 Å².